The van der Waals surface area contributed by atoms with Crippen LogP contribution in [0.1, 0.15) is 12.2 Å². The number of hydrogen-bond donors (Lipinski definition) is 2. The molecule has 3 heterocycles. The fraction of sp³-hybridized carbons (Fsp3) is 0.174. The number of aromatic nitrogens is 2. The van der Waals surface area contributed by atoms with Crippen LogP contribution >= 0.6 is 11.6 Å². The molecule has 2 amide bonds. The lowest BCUT2D eigenvalue weighted by molar-refractivity contribution is -0.128. The monoisotopic (exact) mass is 434 g/mol. The Hall–Kier alpha value is -3.58. The van der Waals surface area contributed by atoms with Crippen molar-refractivity contribution in [1.82, 2.24) is 14.9 Å². The molecule has 0 bridgehead atoms. The summed E-state index contributed by atoms with van der Waals surface area (Å²) in [6.45, 7) is 0.745. The van der Waals surface area contributed by atoms with Crippen molar-refractivity contribution < 1.29 is 14.0 Å². The molecule has 4 aromatic rings. The molecule has 8 heteroatoms. The Labute approximate surface area is 183 Å². The molecule has 31 heavy (non-hydrogen) atoms. The maximum Gasteiger partial charge on any atom is 0.229 e. The van der Waals surface area contributed by atoms with Crippen LogP contribution in [0.25, 0.3) is 22.4 Å². The summed E-state index contributed by atoms with van der Waals surface area (Å²) in [4.78, 5) is 34.5. The van der Waals surface area contributed by atoms with E-state index >= 15 is 0 Å². The molecule has 2 N–H and O–H groups in total. The molecule has 1 atom stereocenters. The number of nitrogens with zero attached hydrogens (tertiary/aromatic N) is 2. The van der Waals surface area contributed by atoms with Crippen LogP contribution in [0.3, 0.4) is 0 Å². The fourth-order valence-corrected chi connectivity index (χ4v) is 4.03. The van der Waals surface area contributed by atoms with Crippen molar-refractivity contribution in [3.8, 4) is 11.4 Å². The van der Waals surface area contributed by atoms with Crippen LogP contribution in [0.2, 0.25) is 5.02 Å². The van der Waals surface area contributed by atoms with E-state index in [1.54, 1.807) is 23.3 Å². The third-order valence-corrected chi connectivity index (χ3v) is 5.72. The molecule has 0 radical (unpaired) electrons. The number of halogens is 1. The number of nitrogens with one attached hydrogen (secondary N) is 2. The van der Waals surface area contributed by atoms with E-state index in [9.17, 15) is 9.59 Å². The molecule has 2 aromatic carbocycles. The Kier molecular flexibility index (Phi) is 4.95. The summed E-state index contributed by atoms with van der Waals surface area (Å²) < 4.78 is 5.31. The van der Waals surface area contributed by atoms with E-state index in [-0.39, 0.29) is 18.2 Å². The summed E-state index contributed by atoms with van der Waals surface area (Å²) in [7, 11) is 0. The maximum absolute atomic E-state index is 12.8. The number of carbonyl (C=O) groups excluding carboxylic acids is 2. The second kappa shape index (κ2) is 7.92. The van der Waals surface area contributed by atoms with E-state index in [0.717, 1.165) is 16.6 Å². The number of fused-ring (bicyclic) bond motifs is 1. The Morgan fingerprint density at radius 2 is 2.10 bits per heavy atom. The zero-order valence-corrected chi connectivity index (χ0v) is 17.2. The Bertz CT molecular complexity index is 1270. The fourth-order valence-electron chi connectivity index (χ4n) is 3.80. The van der Waals surface area contributed by atoms with Crippen LogP contribution in [0, 0.1) is 5.92 Å². The van der Waals surface area contributed by atoms with Gasteiger partial charge in [-0.15, -0.1) is 0 Å². The Morgan fingerprint density at radius 3 is 2.90 bits per heavy atom. The lowest BCUT2D eigenvalue weighted by atomic mass is 10.1. The SMILES string of the molecule is O=C(Nc1ccc2nc(-c3ccccc3Cl)[nH]c2c1)C1CC(=O)N(Cc2ccco2)C1. The molecule has 1 fully saturated rings. The zero-order valence-electron chi connectivity index (χ0n) is 16.5. The highest BCUT2D eigenvalue weighted by atomic mass is 35.5. The average Bonchev–Trinajstić information content (AvgIpc) is 3.49. The van der Waals surface area contributed by atoms with Crippen LogP contribution in [0.5, 0.6) is 0 Å². The van der Waals surface area contributed by atoms with Crippen LogP contribution < -0.4 is 5.32 Å². The lowest BCUT2D eigenvalue weighted by Gasteiger charge is -2.15. The van der Waals surface area contributed by atoms with Crippen LogP contribution in [-0.2, 0) is 16.1 Å². The summed E-state index contributed by atoms with van der Waals surface area (Å²) >= 11 is 6.27. The van der Waals surface area contributed by atoms with Crippen molar-refractivity contribution in [1.29, 1.82) is 0 Å². The number of aromatic amines is 1. The molecule has 1 aliphatic heterocycles. The number of likely N-dealkylation sites (tertiary alicyclic amines) is 1. The first-order valence-corrected chi connectivity index (χ1v) is 10.3. The number of furan rings is 1. The van der Waals surface area contributed by atoms with Crippen molar-refractivity contribution in [3.05, 3.63) is 71.6 Å². The first-order valence-electron chi connectivity index (χ1n) is 9.92. The molecule has 2 aromatic heterocycles. The van der Waals surface area contributed by atoms with Gasteiger partial charge in [0, 0.05) is 24.2 Å². The number of imidazole rings is 1. The second-order valence-corrected chi connectivity index (χ2v) is 7.95. The smallest absolute Gasteiger partial charge is 0.229 e. The maximum atomic E-state index is 12.8. The molecule has 0 aliphatic carbocycles. The van der Waals surface area contributed by atoms with Gasteiger partial charge in [-0.05, 0) is 42.5 Å². The molecule has 1 aliphatic rings. The molecular weight excluding hydrogens is 416 g/mol. The Balaban J connectivity index is 1.29. The van der Waals surface area contributed by atoms with Crippen molar-refractivity contribution in [3.63, 3.8) is 0 Å². The highest BCUT2D eigenvalue weighted by Gasteiger charge is 2.34. The van der Waals surface area contributed by atoms with Crippen molar-refractivity contribution >= 4 is 40.1 Å². The van der Waals surface area contributed by atoms with Crippen LogP contribution in [0.4, 0.5) is 5.69 Å². The zero-order chi connectivity index (χ0) is 21.4. The van der Waals surface area contributed by atoms with Crippen molar-refractivity contribution in [2.75, 3.05) is 11.9 Å². The first-order chi connectivity index (χ1) is 15.1. The molecular formula is C23H19ClN4O3. The third-order valence-electron chi connectivity index (χ3n) is 5.39. The van der Waals surface area contributed by atoms with Gasteiger partial charge in [-0.25, -0.2) is 4.98 Å². The van der Waals surface area contributed by atoms with Crippen LogP contribution in [-0.4, -0.2) is 33.2 Å². The Morgan fingerprint density at radius 1 is 1.23 bits per heavy atom. The van der Waals surface area contributed by atoms with Crippen molar-refractivity contribution in [2.45, 2.75) is 13.0 Å². The third kappa shape index (κ3) is 3.92. The summed E-state index contributed by atoms with van der Waals surface area (Å²) in [5, 5.41) is 3.53. The number of amides is 2. The van der Waals surface area contributed by atoms with Gasteiger partial charge in [0.2, 0.25) is 11.8 Å². The first kappa shape index (κ1) is 19.4. The number of hydrogen-bond acceptors (Lipinski definition) is 4. The minimum atomic E-state index is -0.404. The van der Waals surface area contributed by atoms with E-state index in [1.807, 2.05) is 42.5 Å². The molecule has 1 unspecified atom stereocenters. The summed E-state index contributed by atoms with van der Waals surface area (Å²) in [6, 6.07) is 16.5. The molecule has 1 saturated heterocycles. The van der Waals surface area contributed by atoms with Gasteiger partial charge in [0.05, 0.1) is 34.8 Å². The normalized spacial score (nSPS) is 16.2. The van der Waals surface area contributed by atoms with Gasteiger partial charge < -0.3 is 19.6 Å². The van der Waals surface area contributed by atoms with Gasteiger partial charge in [0.1, 0.15) is 11.6 Å². The van der Waals surface area contributed by atoms with E-state index in [2.05, 4.69) is 15.3 Å². The number of carbonyl (C=O) groups is 2. The summed E-state index contributed by atoms with van der Waals surface area (Å²) in [5.74, 6) is 0.733. The summed E-state index contributed by atoms with van der Waals surface area (Å²) in [5.41, 5.74) is 3.01. The lowest BCUT2D eigenvalue weighted by Crippen LogP contribution is -2.27. The number of H-pyrrole nitrogens is 1. The molecule has 5 rings (SSSR count). The standard InChI is InChI=1S/C23H19ClN4O3/c24-18-6-2-1-5-17(18)22-26-19-8-7-15(11-20(19)27-22)25-23(30)14-10-21(29)28(12-14)13-16-4-3-9-31-16/h1-9,11,14H,10,12-13H2,(H,25,30)(H,26,27). The van der Waals surface area contributed by atoms with Gasteiger partial charge in [-0.1, -0.05) is 23.7 Å². The quantitative estimate of drug-likeness (QED) is 0.485. The van der Waals surface area contributed by atoms with Crippen molar-refractivity contribution in [2.24, 2.45) is 5.92 Å². The summed E-state index contributed by atoms with van der Waals surface area (Å²) in [6.07, 6.45) is 1.76. The van der Waals surface area contributed by atoms with Gasteiger partial charge in [-0.2, -0.15) is 0 Å². The highest BCUT2D eigenvalue weighted by Crippen LogP contribution is 2.28. The number of anilines is 1. The predicted molar refractivity (Wildman–Crippen MR) is 117 cm³/mol. The second-order valence-electron chi connectivity index (χ2n) is 7.54. The number of benzene rings is 2. The van der Waals surface area contributed by atoms with Gasteiger partial charge in [0.25, 0.3) is 0 Å². The van der Waals surface area contributed by atoms with E-state index in [0.29, 0.717) is 35.4 Å². The average molecular weight is 435 g/mol. The van der Waals surface area contributed by atoms with E-state index in [1.165, 1.54) is 0 Å². The molecule has 0 saturated carbocycles. The van der Waals surface area contributed by atoms with E-state index < -0.39 is 5.92 Å². The van der Waals surface area contributed by atoms with Gasteiger partial charge in [0.15, 0.2) is 0 Å². The minimum absolute atomic E-state index is 0.0510. The van der Waals surface area contributed by atoms with Gasteiger partial charge in [-0.3, -0.25) is 9.59 Å². The number of rotatable bonds is 5. The molecule has 156 valence electrons. The largest absolute Gasteiger partial charge is 0.467 e. The van der Waals surface area contributed by atoms with E-state index in [4.69, 9.17) is 16.0 Å². The molecule has 7 nitrogen and oxygen atoms in total. The predicted octanol–water partition coefficient (Wildman–Crippen LogP) is 4.46. The topological polar surface area (TPSA) is 91.2 Å². The molecule has 0 spiro atoms. The van der Waals surface area contributed by atoms with Crippen LogP contribution in [0.15, 0.2) is 65.3 Å². The highest BCUT2D eigenvalue weighted by molar-refractivity contribution is 6.33. The van der Waals surface area contributed by atoms with Gasteiger partial charge >= 0.3 is 0 Å². The minimum Gasteiger partial charge on any atom is -0.467 e.